The van der Waals surface area contributed by atoms with E-state index in [9.17, 15) is 9.59 Å². The van der Waals surface area contributed by atoms with Crippen LogP contribution < -0.4 is 0 Å². The summed E-state index contributed by atoms with van der Waals surface area (Å²) >= 11 is 0. The van der Waals surface area contributed by atoms with Gasteiger partial charge in [0, 0.05) is 40.9 Å². The van der Waals surface area contributed by atoms with Crippen LogP contribution in [0.25, 0.3) is 22.2 Å². The zero-order valence-corrected chi connectivity index (χ0v) is 18.5. The molecule has 0 unspecified atom stereocenters. The van der Waals surface area contributed by atoms with Crippen molar-refractivity contribution < 1.29 is 14.7 Å². The molecule has 3 aromatic rings. The molecule has 0 saturated carbocycles. The molecule has 31 heavy (non-hydrogen) atoms. The van der Waals surface area contributed by atoms with E-state index >= 15 is 0 Å². The van der Waals surface area contributed by atoms with E-state index in [0.717, 1.165) is 41.0 Å². The number of carbonyl (C=O) groups excluding carboxylic acids is 1. The molecular weight excluding hydrogens is 390 g/mol. The highest BCUT2D eigenvalue weighted by Crippen LogP contribution is 2.38. The molecule has 4 rings (SSSR count). The van der Waals surface area contributed by atoms with Crippen molar-refractivity contribution in [1.29, 1.82) is 0 Å². The number of aromatic amines is 1. The maximum Gasteiger partial charge on any atom is 0.394 e. The number of nitrogens with zero attached hydrogens (tertiary/aromatic N) is 2. The number of carboxylic acid groups (broad SMARTS) is 1. The number of piperidine rings is 1. The van der Waals surface area contributed by atoms with Gasteiger partial charge in [-0.15, -0.1) is 0 Å². The largest absolute Gasteiger partial charge is 0.474 e. The fraction of sp³-hybridized carbons (Fsp3) is 0.400. The molecule has 0 aliphatic carbocycles. The minimum atomic E-state index is -1.37. The van der Waals surface area contributed by atoms with Gasteiger partial charge < -0.3 is 15.0 Å². The summed E-state index contributed by atoms with van der Waals surface area (Å²) in [5, 5.41) is 10.2. The summed E-state index contributed by atoms with van der Waals surface area (Å²) < 4.78 is 0. The zero-order chi connectivity index (χ0) is 22.3. The maximum absolute atomic E-state index is 11.7. The molecule has 1 fully saturated rings. The molecule has 1 aromatic carbocycles. The standard InChI is InChI=1S/C25H29N3O3/c1-14(2)22-20-13-18(17-7-9-28(10-8-17)24(29)25(30)31)5-6-21(20)27-23(22)19-11-15(3)26-16(4)12-19/h5-6,11-14,17,27H,7-10H2,1-4H3,(H,30,31). The highest BCUT2D eigenvalue weighted by molar-refractivity contribution is 6.31. The second-order valence-electron chi connectivity index (χ2n) is 8.88. The van der Waals surface area contributed by atoms with Crippen molar-refractivity contribution in [2.45, 2.75) is 52.4 Å². The maximum atomic E-state index is 11.7. The van der Waals surface area contributed by atoms with Gasteiger partial charge in [0.25, 0.3) is 0 Å². The lowest BCUT2D eigenvalue weighted by Gasteiger charge is -2.31. The third kappa shape index (κ3) is 4.07. The molecule has 3 heterocycles. The van der Waals surface area contributed by atoms with Crippen LogP contribution in [0.4, 0.5) is 0 Å². The minimum Gasteiger partial charge on any atom is -0.474 e. The number of benzene rings is 1. The van der Waals surface area contributed by atoms with E-state index in [0.29, 0.717) is 24.9 Å². The number of fused-ring (bicyclic) bond motifs is 1. The van der Waals surface area contributed by atoms with Crippen LogP contribution in [0, 0.1) is 13.8 Å². The zero-order valence-electron chi connectivity index (χ0n) is 18.5. The minimum absolute atomic E-state index is 0.325. The molecule has 2 N–H and O–H groups in total. The van der Waals surface area contributed by atoms with Crippen LogP contribution in [0.2, 0.25) is 0 Å². The monoisotopic (exact) mass is 419 g/mol. The van der Waals surface area contributed by atoms with Gasteiger partial charge in [0.05, 0.1) is 5.69 Å². The normalized spacial score (nSPS) is 15.1. The van der Waals surface area contributed by atoms with Gasteiger partial charge in [-0.05, 0) is 73.9 Å². The van der Waals surface area contributed by atoms with Gasteiger partial charge in [-0.25, -0.2) is 4.79 Å². The molecule has 6 heteroatoms. The number of H-pyrrole nitrogens is 1. The SMILES string of the molecule is Cc1cc(-c2[nH]c3ccc(C4CCN(C(=O)C(=O)O)CC4)cc3c2C(C)C)cc(C)n1. The summed E-state index contributed by atoms with van der Waals surface area (Å²) in [6.45, 7) is 9.45. The first-order valence-corrected chi connectivity index (χ1v) is 10.9. The van der Waals surface area contributed by atoms with E-state index in [1.165, 1.54) is 21.4 Å². The first-order chi connectivity index (χ1) is 14.7. The van der Waals surface area contributed by atoms with Crippen LogP contribution in [-0.4, -0.2) is 44.9 Å². The number of carboxylic acids is 1. The van der Waals surface area contributed by atoms with Gasteiger partial charge >= 0.3 is 11.9 Å². The fourth-order valence-corrected chi connectivity index (χ4v) is 4.84. The van der Waals surface area contributed by atoms with Crippen LogP contribution in [-0.2, 0) is 9.59 Å². The Bertz CT molecular complexity index is 1130. The highest BCUT2D eigenvalue weighted by Gasteiger charge is 2.28. The smallest absolute Gasteiger partial charge is 0.394 e. The van der Waals surface area contributed by atoms with Crippen LogP contribution in [0.1, 0.15) is 61.0 Å². The van der Waals surface area contributed by atoms with Gasteiger partial charge in [0.15, 0.2) is 0 Å². The van der Waals surface area contributed by atoms with E-state index in [2.05, 4.69) is 54.1 Å². The van der Waals surface area contributed by atoms with Gasteiger partial charge in [-0.2, -0.15) is 0 Å². The van der Waals surface area contributed by atoms with Gasteiger partial charge in [-0.1, -0.05) is 19.9 Å². The topological polar surface area (TPSA) is 86.3 Å². The Labute approximate surface area is 182 Å². The Hall–Kier alpha value is -3.15. The van der Waals surface area contributed by atoms with E-state index in [-0.39, 0.29) is 0 Å². The summed E-state index contributed by atoms with van der Waals surface area (Å²) in [7, 11) is 0. The van der Waals surface area contributed by atoms with Crippen molar-refractivity contribution in [1.82, 2.24) is 14.9 Å². The molecule has 1 aliphatic rings. The number of hydrogen-bond donors (Lipinski definition) is 2. The number of pyridine rings is 1. The van der Waals surface area contributed by atoms with Crippen molar-refractivity contribution in [2.75, 3.05) is 13.1 Å². The molecule has 1 amide bonds. The Balaban J connectivity index is 1.69. The van der Waals surface area contributed by atoms with Crippen molar-refractivity contribution in [3.8, 4) is 11.3 Å². The second-order valence-corrected chi connectivity index (χ2v) is 8.88. The highest BCUT2D eigenvalue weighted by atomic mass is 16.4. The molecule has 1 saturated heterocycles. The molecule has 0 radical (unpaired) electrons. The van der Waals surface area contributed by atoms with E-state index in [1.807, 2.05) is 13.8 Å². The van der Waals surface area contributed by atoms with Crippen LogP contribution in [0.15, 0.2) is 30.3 Å². The average Bonchev–Trinajstić information content (AvgIpc) is 3.11. The molecule has 2 aromatic heterocycles. The number of aryl methyl sites for hydroxylation is 2. The number of rotatable bonds is 3. The summed E-state index contributed by atoms with van der Waals surface area (Å²) in [5.74, 6) is -1.49. The molecular formula is C25H29N3O3. The Morgan fingerprint density at radius 3 is 2.32 bits per heavy atom. The van der Waals surface area contributed by atoms with Crippen LogP contribution in [0.3, 0.4) is 0 Å². The molecule has 6 nitrogen and oxygen atoms in total. The van der Waals surface area contributed by atoms with Crippen molar-refractivity contribution in [2.24, 2.45) is 0 Å². The van der Waals surface area contributed by atoms with E-state index in [4.69, 9.17) is 5.11 Å². The van der Waals surface area contributed by atoms with Crippen LogP contribution in [0.5, 0.6) is 0 Å². The third-order valence-electron chi connectivity index (χ3n) is 6.25. The Morgan fingerprint density at radius 1 is 1.10 bits per heavy atom. The average molecular weight is 420 g/mol. The predicted molar refractivity (Wildman–Crippen MR) is 121 cm³/mol. The number of likely N-dealkylation sites (tertiary alicyclic amines) is 1. The first-order valence-electron chi connectivity index (χ1n) is 10.9. The van der Waals surface area contributed by atoms with Crippen LogP contribution >= 0.6 is 0 Å². The lowest BCUT2D eigenvalue weighted by atomic mass is 9.87. The second kappa shape index (κ2) is 8.17. The predicted octanol–water partition coefficient (Wildman–Crippen LogP) is 4.76. The summed E-state index contributed by atoms with van der Waals surface area (Å²) in [4.78, 5) is 32.3. The lowest BCUT2D eigenvalue weighted by Crippen LogP contribution is -2.41. The summed E-state index contributed by atoms with van der Waals surface area (Å²) in [6, 6.07) is 10.8. The molecule has 0 atom stereocenters. The number of nitrogens with one attached hydrogen (secondary N) is 1. The Kier molecular flexibility index (Phi) is 5.56. The molecule has 162 valence electrons. The quantitative estimate of drug-likeness (QED) is 0.599. The van der Waals surface area contributed by atoms with Crippen molar-refractivity contribution >= 4 is 22.8 Å². The lowest BCUT2D eigenvalue weighted by molar-refractivity contribution is -0.156. The summed E-state index contributed by atoms with van der Waals surface area (Å²) in [6.07, 6.45) is 1.56. The van der Waals surface area contributed by atoms with Crippen molar-refractivity contribution in [3.63, 3.8) is 0 Å². The number of aromatic nitrogens is 2. The number of hydrogen-bond acceptors (Lipinski definition) is 3. The van der Waals surface area contributed by atoms with Crippen molar-refractivity contribution in [3.05, 3.63) is 52.8 Å². The van der Waals surface area contributed by atoms with E-state index < -0.39 is 11.9 Å². The number of amides is 1. The van der Waals surface area contributed by atoms with Gasteiger partial charge in [0.1, 0.15) is 0 Å². The molecule has 0 spiro atoms. The summed E-state index contributed by atoms with van der Waals surface area (Å²) in [5.41, 5.74) is 8.00. The fourth-order valence-electron chi connectivity index (χ4n) is 4.84. The number of aliphatic carboxylic acids is 1. The van der Waals surface area contributed by atoms with Gasteiger partial charge in [0.2, 0.25) is 0 Å². The molecule has 0 bridgehead atoms. The number of carbonyl (C=O) groups is 2. The first kappa shape index (κ1) is 21.1. The molecule has 1 aliphatic heterocycles. The van der Waals surface area contributed by atoms with Gasteiger partial charge in [-0.3, -0.25) is 9.78 Å². The van der Waals surface area contributed by atoms with E-state index in [1.54, 1.807) is 0 Å². The Morgan fingerprint density at radius 2 is 1.74 bits per heavy atom. The third-order valence-corrected chi connectivity index (χ3v) is 6.25.